The SMILES string of the molecule is COc1ccc(C)cc1-n1ccc(C(=O)NC2CCN(c3ccc(C(F)(F)F)cn3)CC2)n1. The van der Waals surface area contributed by atoms with E-state index in [0.29, 0.717) is 43.2 Å². The molecular weight excluding hydrogens is 435 g/mol. The van der Waals surface area contributed by atoms with Gasteiger partial charge in [-0.25, -0.2) is 9.67 Å². The van der Waals surface area contributed by atoms with Gasteiger partial charge >= 0.3 is 6.18 Å². The molecule has 33 heavy (non-hydrogen) atoms. The summed E-state index contributed by atoms with van der Waals surface area (Å²) in [6.07, 6.45) is -0.532. The fourth-order valence-electron chi connectivity index (χ4n) is 3.81. The zero-order valence-electron chi connectivity index (χ0n) is 18.3. The lowest BCUT2D eigenvalue weighted by atomic mass is 10.0. The maximum Gasteiger partial charge on any atom is 0.417 e. The van der Waals surface area contributed by atoms with Crippen LogP contribution in [-0.4, -0.2) is 46.9 Å². The predicted octanol–water partition coefficient (Wildman–Crippen LogP) is 4.00. The number of anilines is 1. The number of nitrogens with one attached hydrogen (secondary N) is 1. The van der Waals surface area contributed by atoms with Crippen molar-refractivity contribution in [1.82, 2.24) is 20.1 Å². The molecule has 0 bridgehead atoms. The second-order valence-corrected chi connectivity index (χ2v) is 7.96. The number of ether oxygens (including phenoxy) is 1. The summed E-state index contributed by atoms with van der Waals surface area (Å²) in [7, 11) is 1.58. The van der Waals surface area contributed by atoms with E-state index in [1.165, 1.54) is 6.07 Å². The summed E-state index contributed by atoms with van der Waals surface area (Å²) in [6, 6.07) is 9.74. The second-order valence-electron chi connectivity index (χ2n) is 7.96. The van der Waals surface area contributed by atoms with Gasteiger partial charge in [-0.05, 0) is 55.7 Å². The number of alkyl halides is 3. The summed E-state index contributed by atoms with van der Waals surface area (Å²) in [4.78, 5) is 18.6. The standard InChI is InChI=1S/C23H24F3N5O2/c1-15-3-5-20(33-2)19(13-15)31-12-9-18(29-31)22(32)28-17-7-10-30(11-8-17)21-6-4-16(14-27-21)23(24,25)26/h3-6,9,12-14,17H,7-8,10-11H2,1-2H3,(H,28,32). The molecule has 2 aromatic heterocycles. The van der Waals surface area contributed by atoms with Crippen LogP contribution in [0.5, 0.6) is 5.75 Å². The molecule has 0 unspecified atom stereocenters. The Kier molecular flexibility index (Phi) is 6.26. The van der Waals surface area contributed by atoms with Gasteiger partial charge < -0.3 is 15.0 Å². The maximum absolute atomic E-state index is 12.7. The molecule has 3 aromatic rings. The van der Waals surface area contributed by atoms with Crippen molar-refractivity contribution in [2.24, 2.45) is 0 Å². The highest BCUT2D eigenvalue weighted by atomic mass is 19.4. The van der Waals surface area contributed by atoms with E-state index >= 15 is 0 Å². The summed E-state index contributed by atoms with van der Waals surface area (Å²) in [5.74, 6) is 0.880. The van der Waals surface area contributed by atoms with Crippen LogP contribution in [0.2, 0.25) is 0 Å². The van der Waals surface area contributed by atoms with E-state index in [2.05, 4.69) is 15.4 Å². The van der Waals surface area contributed by atoms with E-state index in [1.54, 1.807) is 24.1 Å². The molecule has 0 aliphatic carbocycles. The van der Waals surface area contributed by atoms with Crippen LogP contribution in [0.15, 0.2) is 48.8 Å². The van der Waals surface area contributed by atoms with E-state index in [1.807, 2.05) is 30.0 Å². The average Bonchev–Trinajstić information content (AvgIpc) is 3.29. The molecule has 1 aliphatic rings. The fraction of sp³-hybridized carbons (Fsp3) is 0.348. The summed E-state index contributed by atoms with van der Waals surface area (Å²) in [5, 5.41) is 7.40. The smallest absolute Gasteiger partial charge is 0.417 e. The van der Waals surface area contributed by atoms with Crippen molar-refractivity contribution in [3.8, 4) is 11.4 Å². The molecule has 1 N–H and O–H groups in total. The van der Waals surface area contributed by atoms with E-state index in [-0.39, 0.29) is 11.9 Å². The number of pyridine rings is 1. The highest BCUT2D eigenvalue weighted by molar-refractivity contribution is 5.92. The van der Waals surface area contributed by atoms with Crippen LogP contribution in [0.1, 0.15) is 34.5 Å². The second kappa shape index (κ2) is 9.13. The molecule has 0 radical (unpaired) electrons. The molecule has 4 rings (SSSR count). The number of amides is 1. The van der Waals surface area contributed by atoms with Gasteiger partial charge in [0, 0.05) is 31.5 Å². The number of rotatable bonds is 5. The molecule has 1 saturated heterocycles. The molecule has 7 nitrogen and oxygen atoms in total. The molecule has 0 saturated carbocycles. The Morgan fingerprint density at radius 1 is 1.15 bits per heavy atom. The topological polar surface area (TPSA) is 72.3 Å². The van der Waals surface area contributed by atoms with Crippen LogP contribution >= 0.6 is 0 Å². The lowest BCUT2D eigenvalue weighted by molar-refractivity contribution is -0.137. The zero-order chi connectivity index (χ0) is 23.6. The molecule has 3 heterocycles. The van der Waals surface area contributed by atoms with Crippen molar-refractivity contribution < 1.29 is 22.7 Å². The molecule has 1 amide bonds. The number of piperidine rings is 1. The summed E-state index contributed by atoms with van der Waals surface area (Å²) < 4.78 is 45.2. The third-order valence-electron chi connectivity index (χ3n) is 5.63. The van der Waals surface area contributed by atoms with Crippen molar-refractivity contribution in [3.63, 3.8) is 0 Å². The minimum atomic E-state index is -4.40. The van der Waals surface area contributed by atoms with Crippen molar-refractivity contribution >= 4 is 11.7 Å². The van der Waals surface area contributed by atoms with Gasteiger partial charge in [0.25, 0.3) is 5.91 Å². The summed E-state index contributed by atoms with van der Waals surface area (Å²) in [6.45, 7) is 3.13. The van der Waals surface area contributed by atoms with Gasteiger partial charge in [0.15, 0.2) is 5.69 Å². The van der Waals surface area contributed by atoms with E-state index in [0.717, 1.165) is 23.5 Å². The molecule has 1 aliphatic heterocycles. The van der Waals surface area contributed by atoms with Crippen molar-refractivity contribution in [1.29, 1.82) is 0 Å². The highest BCUT2D eigenvalue weighted by Crippen LogP contribution is 2.30. The van der Waals surface area contributed by atoms with Gasteiger partial charge in [0.1, 0.15) is 17.3 Å². The Balaban J connectivity index is 1.35. The zero-order valence-corrected chi connectivity index (χ0v) is 18.3. The fourth-order valence-corrected chi connectivity index (χ4v) is 3.81. The third kappa shape index (κ3) is 5.10. The molecular formula is C23H24F3N5O2. The third-order valence-corrected chi connectivity index (χ3v) is 5.63. The molecule has 0 atom stereocenters. The first-order valence-corrected chi connectivity index (χ1v) is 10.5. The van der Waals surface area contributed by atoms with Crippen molar-refractivity contribution in [2.75, 3.05) is 25.1 Å². The minimum Gasteiger partial charge on any atom is -0.494 e. The van der Waals surface area contributed by atoms with Gasteiger partial charge in [-0.15, -0.1) is 0 Å². The number of hydrogen-bond acceptors (Lipinski definition) is 5. The monoisotopic (exact) mass is 459 g/mol. The number of hydrogen-bond donors (Lipinski definition) is 1. The van der Waals surface area contributed by atoms with Gasteiger partial charge in [-0.1, -0.05) is 6.07 Å². The van der Waals surface area contributed by atoms with Crippen LogP contribution in [0.25, 0.3) is 5.69 Å². The predicted molar refractivity (Wildman–Crippen MR) is 117 cm³/mol. The van der Waals surface area contributed by atoms with E-state index in [4.69, 9.17) is 4.74 Å². The number of aryl methyl sites for hydroxylation is 1. The lowest BCUT2D eigenvalue weighted by Crippen LogP contribution is -2.45. The van der Waals surface area contributed by atoms with Gasteiger partial charge in [-0.2, -0.15) is 18.3 Å². The average molecular weight is 459 g/mol. The van der Waals surface area contributed by atoms with E-state index in [9.17, 15) is 18.0 Å². The van der Waals surface area contributed by atoms with Crippen LogP contribution in [0, 0.1) is 6.92 Å². The Morgan fingerprint density at radius 2 is 1.91 bits per heavy atom. The van der Waals surface area contributed by atoms with Gasteiger partial charge in [-0.3, -0.25) is 4.79 Å². The first-order valence-electron chi connectivity index (χ1n) is 10.5. The largest absolute Gasteiger partial charge is 0.494 e. The number of nitrogens with zero attached hydrogens (tertiary/aromatic N) is 4. The summed E-state index contributed by atoms with van der Waals surface area (Å²) >= 11 is 0. The summed E-state index contributed by atoms with van der Waals surface area (Å²) in [5.41, 5.74) is 1.32. The lowest BCUT2D eigenvalue weighted by Gasteiger charge is -2.33. The number of benzene rings is 1. The van der Waals surface area contributed by atoms with Crippen molar-refractivity contribution in [3.05, 3.63) is 65.6 Å². The Bertz CT molecular complexity index is 1120. The molecule has 174 valence electrons. The number of halogens is 3. The number of methoxy groups -OCH3 is 1. The van der Waals surface area contributed by atoms with Crippen LogP contribution in [0.3, 0.4) is 0 Å². The highest BCUT2D eigenvalue weighted by Gasteiger charge is 2.31. The van der Waals surface area contributed by atoms with Gasteiger partial charge in [0.05, 0.1) is 12.7 Å². The Morgan fingerprint density at radius 3 is 2.55 bits per heavy atom. The number of carbonyl (C=O) groups excluding carboxylic acids is 1. The molecule has 10 heteroatoms. The molecule has 0 spiro atoms. The van der Waals surface area contributed by atoms with Crippen LogP contribution in [-0.2, 0) is 6.18 Å². The first-order chi connectivity index (χ1) is 15.7. The van der Waals surface area contributed by atoms with Crippen molar-refractivity contribution in [2.45, 2.75) is 32.0 Å². The van der Waals surface area contributed by atoms with Gasteiger partial charge in [0.2, 0.25) is 0 Å². The van der Waals surface area contributed by atoms with E-state index < -0.39 is 11.7 Å². The first kappa shape index (κ1) is 22.6. The maximum atomic E-state index is 12.7. The quantitative estimate of drug-likeness (QED) is 0.625. The van der Waals surface area contributed by atoms with Crippen LogP contribution in [0.4, 0.5) is 19.0 Å². The number of aromatic nitrogens is 3. The number of carbonyl (C=O) groups is 1. The molecule has 1 aromatic carbocycles. The molecule has 1 fully saturated rings. The van der Waals surface area contributed by atoms with Crippen LogP contribution < -0.4 is 15.0 Å². The normalized spacial score (nSPS) is 14.9. The Hall–Kier alpha value is -3.56. The minimum absolute atomic E-state index is 0.0538. The Labute approximate surface area is 189 Å².